The van der Waals surface area contributed by atoms with Gasteiger partial charge in [0.2, 0.25) is 0 Å². The zero-order valence-corrected chi connectivity index (χ0v) is 8.09. The van der Waals surface area contributed by atoms with Crippen LogP contribution in [0.15, 0.2) is 24.3 Å². The van der Waals surface area contributed by atoms with Gasteiger partial charge >= 0.3 is 0 Å². The van der Waals surface area contributed by atoms with Crippen LogP contribution in [0.4, 0.5) is 5.69 Å². The van der Waals surface area contributed by atoms with Crippen molar-refractivity contribution >= 4 is 5.69 Å². The second-order valence-corrected chi connectivity index (χ2v) is 3.32. The molecule has 1 N–H and O–H groups in total. The van der Waals surface area contributed by atoms with E-state index in [0.717, 1.165) is 6.42 Å². The first kappa shape index (κ1) is 9.11. The van der Waals surface area contributed by atoms with Gasteiger partial charge in [0, 0.05) is 11.7 Å². The lowest BCUT2D eigenvalue weighted by Gasteiger charge is -2.12. The Morgan fingerprint density at radius 1 is 1.25 bits per heavy atom. The van der Waals surface area contributed by atoms with Gasteiger partial charge in [0.15, 0.2) is 0 Å². The van der Waals surface area contributed by atoms with Gasteiger partial charge in [-0.2, -0.15) is 0 Å². The molecule has 0 heterocycles. The fourth-order valence-corrected chi connectivity index (χ4v) is 1.04. The summed E-state index contributed by atoms with van der Waals surface area (Å²) in [7, 11) is 0. The van der Waals surface area contributed by atoms with Crippen molar-refractivity contribution in [3.05, 3.63) is 29.8 Å². The van der Waals surface area contributed by atoms with Gasteiger partial charge in [-0.3, -0.25) is 0 Å². The molecule has 1 atom stereocenters. The summed E-state index contributed by atoms with van der Waals surface area (Å²) in [5.41, 5.74) is 2.53. The summed E-state index contributed by atoms with van der Waals surface area (Å²) in [5.74, 6) is 0. The molecular formula is C11H17N. The van der Waals surface area contributed by atoms with E-state index in [-0.39, 0.29) is 0 Å². The van der Waals surface area contributed by atoms with Crippen molar-refractivity contribution in [1.29, 1.82) is 0 Å². The third-order valence-electron chi connectivity index (χ3n) is 2.08. The first-order valence-corrected chi connectivity index (χ1v) is 4.55. The van der Waals surface area contributed by atoms with Crippen molar-refractivity contribution in [1.82, 2.24) is 0 Å². The van der Waals surface area contributed by atoms with Gasteiger partial charge in [-0.15, -0.1) is 0 Å². The Morgan fingerprint density at radius 2 is 1.83 bits per heavy atom. The lowest BCUT2D eigenvalue weighted by molar-refractivity contribution is 0.764. The van der Waals surface area contributed by atoms with Gasteiger partial charge in [0.1, 0.15) is 0 Å². The van der Waals surface area contributed by atoms with Gasteiger partial charge in [-0.05, 0) is 32.4 Å². The summed E-state index contributed by atoms with van der Waals surface area (Å²) in [4.78, 5) is 0. The lowest BCUT2D eigenvalue weighted by atomic mass is 10.2. The van der Waals surface area contributed by atoms with Crippen molar-refractivity contribution in [3.63, 3.8) is 0 Å². The first-order valence-electron chi connectivity index (χ1n) is 4.55. The fraction of sp³-hybridized carbons (Fsp3) is 0.455. The highest BCUT2D eigenvalue weighted by Crippen LogP contribution is 2.10. The molecule has 66 valence electrons. The van der Waals surface area contributed by atoms with E-state index in [2.05, 4.69) is 50.4 Å². The lowest BCUT2D eigenvalue weighted by Crippen LogP contribution is -2.12. The molecule has 0 radical (unpaired) electrons. The van der Waals surface area contributed by atoms with Crippen LogP contribution in [-0.4, -0.2) is 6.04 Å². The average molecular weight is 163 g/mol. The molecule has 1 unspecified atom stereocenters. The highest BCUT2D eigenvalue weighted by atomic mass is 14.9. The van der Waals surface area contributed by atoms with Crippen LogP contribution in [0.1, 0.15) is 25.8 Å². The number of hydrogen-bond donors (Lipinski definition) is 1. The summed E-state index contributed by atoms with van der Waals surface area (Å²) in [6, 6.07) is 9.08. The van der Waals surface area contributed by atoms with Crippen molar-refractivity contribution in [2.75, 3.05) is 5.32 Å². The SMILES string of the molecule is CCC(C)Nc1ccc(C)cc1. The normalized spacial score (nSPS) is 12.6. The van der Waals surface area contributed by atoms with Crippen LogP contribution in [0.25, 0.3) is 0 Å². The molecular weight excluding hydrogens is 146 g/mol. The molecule has 0 amide bonds. The quantitative estimate of drug-likeness (QED) is 0.721. The van der Waals surface area contributed by atoms with Crippen LogP contribution < -0.4 is 5.32 Å². The van der Waals surface area contributed by atoms with E-state index in [1.165, 1.54) is 11.3 Å². The topological polar surface area (TPSA) is 12.0 Å². The predicted molar refractivity (Wildman–Crippen MR) is 54.6 cm³/mol. The van der Waals surface area contributed by atoms with Crippen LogP contribution in [0.5, 0.6) is 0 Å². The van der Waals surface area contributed by atoms with Crippen LogP contribution >= 0.6 is 0 Å². The molecule has 1 nitrogen and oxygen atoms in total. The predicted octanol–water partition coefficient (Wildman–Crippen LogP) is 3.21. The van der Waals surface area contributed by atoms with Crippen molar-refractivity contribution in [2.24, 2.45) is 0 Å². The number of hydrogen-bond acceptors (Lipinski definition) is 1. The summed E-state index contributed by atoms with van der Waals surface area (Å²) in [5, 5.41) is 3.42. The van der Waals surface area contributed by atoms with Gasteiger partial charge in [0.05, 0.1) is 0 Å². The molecule has 0 aliphatic carbocycles. The van der Waals surface area contributed by atoms with E-state index in [0.29, 0.717) is 6.04 Å². The van der Waals surface area contributed by atoms with Crippen LogP contribution in [0, 0.1) is 6.92 Å². The molecule has 0 aliphatic heterocycles. The second-order valence-electron chi connectivity index (χ2n) is 3.32. The Bertz CT molecular complexity index is 225. The fourth-order valence-electron chi connectivity index (χ4n) is 1.04. The van der Waals surface area contributed by atoms with Gasteiger partial charge in [-0.25, -0.2) is 0 Å². The minimum Gasteiger partial charge on any atom is -0.383 e. The Morgan fingerprint density at radius 3 is 2.33 bits per heavy atom. The zero-order chi connectivity index (χ0) is 8.97. The molecule has 0 bridgehead atoms. The van der Waals surface area contributed by atoms with E-state index in [1.807, 2.05) is 0 Å². The Balaban J connectivity index is 2.58. The summed E-state index contributed by atoms with van der Waals surface area (Å²) < 4.78 is 0. The first-order chi connectivity index (χ1) is 5.72. The van der Waals surface area contributed by atoms with E-state index in [4.69, 9.17) is 0 Å². The molecule has 1 heteroatoms. The smallest absolute Gasteiger partial charge is 0.0342 e. The van der Waals surface area contributed by atoms with E-state index >= 15 is 0 Å². The number of aryl methyl sites for hydroxylation is 1. The number of rotatable bonds is 3. The Labute approximate surface area is 74.8 Å². The standard InChI is InChI=1S/C11H17N/c1-4-10(3)12-11-7-5-9(2)6-8-11/h5-8,10,12H,4H2,1-3H3. The van der Waals surface area contributed by atoms with Gasteiger partial charge in [0.25, 0.3) is 0 Å². The average Bonchev–Trinajstić information content (AvgIpc) is 2.09. The molecule has 1 aromatic rings. The third-order valence-corrected chi connectivity index (χ3v) is 2.08. The molecule has 0 saturated heterocycles. The molecule has 0 aromatic heterocycles. The largest absolute Gasteiger partial charge is 0.383 e. The van der Waals surface area contributed by atoms with Gasteiger partial charge < -0.3 is 5.32 Å². The molecule has 12 heavy (non-hydrogen) atoms. The maximum absolute atomic E-state index is 3.42. The molecule has 0 saturated carbocycles. The van der Waals surface area contributed by atoms with Crippen molar-refractivity contribution in [3.8, 4) is 0 Å². The molecule has 0 fully saturated rings. The van der Waals surface area contributed by atoms with Crippen LogP contribution in [-0.2, 0) is 0 Å². The van der Waals surface area contributed by atoms with Gasteiger partial charge in [-0.1, -0.05) is 24.6 Å². The zero-order valence-electron chi connectivity index (χ0n) is 8.09. The Hall–Kier alpha value is -0.980. The van der Waals surface area contributed by atoms with Crippen molar-refractivity contribution in [2.45, 2.75) is 33.2 Å². The Kier molecular flexibility index (Phi) is 3.15. The second kappa shape index (κ2) is 4.15. The minimum absolute atomic E-state index is 0.563. The van der Waals surface area contributed by atoms with Crippen LogP contribution in [0.2, 0.25) is 0 Å². The highest BCUT2D eigenvalue weighted by molar-refractivity contribution is 5.44. The summed E-state index contributed by atoms with van der Waals surface area (Å²) in [6.07, 6.45) is 1.16. The summed E-state index contributed by atoms with van der Waals surface area (Å²) >= 11 is 0. The number of benzene rings is 1. The minimum atomic E-state index is 0.563. The monoisotopic (exact) mass is 163 g/mol. The molecule has 0 aliphatic rings. The third kappa shape index (κ3) is 2.57. The molecule has 1 rings (SSSR count). The van der Waals surface area contributed by atoms with E-state index in [9.17, 15) is 0 Å². The van der Waals surface area contributed by atoms with Crippen LogP contribution in [0.3, 0.4) is 0 Å². The maximum atomic E-state index is 3.42. The summed E-state index contributed by atoms with van der Waals surface area (Å²) in [6.45, 7) is 6.48. The van der Waals surface area contributed by atoms with E-state index in [1.54, 1.807) is 0 Å². The molecule has 1 aromatic carbocycles. The highest BCUT2D eigenvalue weighted by Gasteiger charge is 1.96. The number of anilines is 1. The maximum Gasteiger partial charge on any atom is 0.0342 e. The number of nitrogens with one attached hydrogen (secondary N) is 1. The molecule has 0 spiro atoms. The van der Waals surface area contributed by atoms with Crippen molar-refractivity contribution < 1.29 is 0 Å². The van der Waals surface area contributed by atoms with E-state index < -0.39 is 0 Å².